The number of hydrogen-bond donors (Lipinski definition) is 0. The summed E-state index contributed by atoms with van der Waals surface area (Å²) in [5.74, 6) is 0.188. The minimum atomic E-state index is -0.675. The first-order valence-corrected chi connectivity index (χ1v) is 11.5. The van der Waals surface area contributed by atoms with E-state index in [0.29, 0.717) is 32.3 Å². The Balaban J connectivity index is 1.85. The molecule has 0 aliphatic heterocycles. The number of aromatic nitrogens is 4. The fourth-order valence-corrected chi connectivity index (χ4v) is 4.02. The topological polar surface area (TPSA) is 83.0 Å². The number of benzene rings is 2. The van der Waals surface area contributed by atoms with Crippen molar-refractivity contribution in [1.82, 2.24) is 20.0 Å². The zero-order valence-electron chi connectivity index (χ0n) is 18.9. The zero-order chi connectivity index (χ0) is 24.6. The van der Waals surface area contributed by atoms with Crippen LogP contribution in [0.3, 0.4) is 0 Å². The Morgan fingerprint density at radius 2 is 1.74 bits per heavy atom. The number of carbonyl (C=O) groups excluding carboxylic acids is 1. The summed E-state index contributed by atoms with van der Waals surface area (Å²) < 4.78 is 12.9. The van der Waals surface area contributed by atoms with Gasteiger partial charge < -0.3 is 9.15 Å². The van der Waals surface area contributed by atoms with Gasteiger partial charge in [0.2, 0.25) is 5.89 Å². The summed E-state index contributed by atoms with van der Waals surface area (Å²) in [7, 11) is 0. The molecule has 0 atom stereocenters. The minimum absolute atomic E-state index is 0.105. The summed E-state index contributed by atoms with van der Waals surface area (Å²) in [6, 6.07) is 12.6. The van der Waals surface area contributed by atoms with Crippen LogP contribution in [-0.4, -0.2) is 32.6 Å². The van der Waals surface area contributed by atoms with Crippen molar-refractivity contribution in [2.24, 2.45) is 0 Å². The van der Waals surface area contributed by atoms with Gasteiger partial charge in [0, 0.05) is 28.1 Å². The van der Waals surface area contributed by atoms with Crippen molar-refractivity contribution in [3.8, 4) is 28.5 Å². The SMILES string of the molecule is CC(=O)OCC(C)(C)c1nnc(-c2nn(-c3ccc(Cl)cc3Cl)c(-c3ccc(Cl)cc3)c2C)o1. The number of nitrogens with zero attached hydrogens (tertiary/aromatic N) is 4. The van der Waals surface area contributed by atoms with Gasteiger partial charge >= 0.3 is 5.97 Å². The highest BCUT2D eigenvalue weighted by atomic mass is 35.5. The Kier molecular flexibility index (Phi) is 6.71. The van der Waals surface area contributed by atoms with E-state index in [1.807, 2.05) is 32.9 Å². The van der Waals surface area contributed by atoms with E-state index in [4.69, 9.17) is 49.1 Å². The van der Waals surface area contributed by atoms with Crippen LogP contribution in [0.4, 0.5) is 0 Å². The Bertz CT molecular complexity index is 1360. The first-order valence-electron chi connectivity index (χ1n) is 10.4. The second-order valence-electron chi connectivity index (χ2n) is 8.41. The fraction of sp³-hybridized carbons (Fsp3) is 0.250. The Labute approximate surface area is 211 Å². The van der Waals surface area contributed by atoms with Gasteiger partial charge in [0.1, 0.15) is 6.61 Å². The molecule has 2 aromatic carbocycles. The highest BCUT2D eigenvalue weighted by molar-refractivity contribution is 6.35. The molecule has 2 aromatic heterocycles. The highest BCUT2D eigenvalue weighted by Gasteiger charge is 2.31. The minimum Gasteiger partial charge on any atom is -0.465 e. The molecule has 7 nitrogen and oxygen atoms in total. The fourth-order valence-electron chi connectivity index (χ4n) is 3.41. The molecule has 2 heterocycles. The highest BCUT2D eigenvalue weighted by Crippen LogP contribution is 2.37. The van der Waals surface area contributed by atoms with Crippen LogP contribution < -0.4 is 0 Å². The smallest absolute Gasteiger partial charge is 0.302 e. The third kappa shape index (κ3) is 4.82. The summed E-state index contributed by atoms with van der Waals surface area (Å²) in [5, 5.41) is 14.8. The average molecular weight is 520 g/mol. The van der Waals surface area contributed by atoms with Crippen molar-refractivity contribution in [1.29, 1.82) is 0 Å². The normalized spacial score (nSPS) is 11.6. The Hall–Kier alpha value is -2.87. The molecule has 0 spiro atoms. The molecule has 10 heteroatoms. The predicted molar refractivity (Wildman–Crippen MR) is 132 cm³/mol. The van der Waals surface area contributed by atoms with Crippen LogP contribution in [0.15, 0.2) is 46.9 Å². The van der Waals surface area contributed by atoms with Crippen LogP contribution in [0, 0.1) is 6.92 Å². The van der Waals surface area contributed by atoms with Crippen LogP contribution in [0.2, 0.25) is 15.1 Å². The van der Waals surface area contributed by atoms with Crippen LogP contribution in [0.1, 0.15) is 32.2 Å². The van der Waals surface area contributed by atoms with Gasteiger partial charge in [0.25, 0.3) is 5.89 Å². The van der Waals surface area contributed by atoms with E-state index in [0.717, 1.165) is 16.8 Å². The van der Waals surface area contributed by atoms with Crippen LogP contribution in [0.25, 0.3) is 28.5 Å². The molecule has 0 aliphatic rings. The monoisotopic (exact) mass is 518 g/mol. The number of esters is 1. The van der Waals surface area contributed by atoms with E-state index >= 15 is 0 Å². The standard InChI is InChI=1S/C24H21Cl3N4O3/c1-13-20(22-28-29-23(34-22)24(3,4)12-33-14(2)32)30-31(19-10-9-17(26)11-18(19)27)21(13)15-5-7-16(25)8-6-15/h5-11H,12H2,1-4H3. The first kappa shape index (κ1) is 24.3. The quantitative estimate of drug-likeness (QED) is 0.264. The second kappa shape index (κ2) is 9.41. The molecule has 0 amide bonds. The molecular formula is C24H21Cl3N4O3. The summed E-state index contributed by atoms with van der Waals surface area (Å²) in [6.07, 6.45) is 0. The lowest BCUT2D eigenvalue weighted by molar-refractivity contribution is -0.142. The first-order chi connectivity index (χ1) is 16.1. The molecule has 0 fully saturated rings. The number of ether oxygens (including phenoxy) is 1. The maximum absolute atomic E-state index is 11.2. The molecule has 4 aromatic rings. The van der Waals surface area contributed by atoms with Crippen molar-refractivity contribution < 1.29 is 13.9 Å². The van der Waals surface area contributed by atoms with E-state index in [1.165, 1.54) is 6.92 Å². The van der Waals surface area contributed by atoms with Crippen LogP contribution in [-0.2, 0) is 14.9 Å². The molecule has 0 radical (unpaired) electrons. The molecule has 0 N–H and O–H groups in total. The summed E-state index contributed by atoms with van der Waals surface area (Å²) in [5.41, 5.74) is 2.93. The second-order valence-corrected chi connectivity index (χ2v) is 9.69. The molecule has 0 saturated carbocycles. The number of rotatable bonds is 6. The third-order valence-corrected chi connectivity index (χ3v) is 6.01. The Morgan fingerprint density at radius 1 is 1.06 bits per heavy atom. The number of halogens is 3. The zero-order valence-corrected chi connectivity index (χ0v) is 21.2. The molecule has 0 saturated heterocycles. The van der Waals surface area contributed by atoms with Gasteiger partial charge in [0.15, 0.2) is 5.69 Å². The molecule has 0 unspecified atom stereocenters. The van der Waals surface area contributed by atoms with Crippen molar-refractivity contribution >= 4 is 40.8 Å². The largest absolute Gasteiger partial charge is 0.465 e. The van der Waals surface area contributed by atoms with Crippen LogP contribution in [0.5, 0.6) is 0 Å². The maximum Gasteiger partial charge on any atom is 0.302 e. The van der Waals surface area contributed by atoms with Gasteiger partial charge in [-0.3, -0.25) is 4.79 Å². The van der Waals surface area contributed by atoms with E-state index in [1.54, 1.807) is 35.0 Å². The van der Waals surface area contributed by atoms with Gasteiger partial charge in [-0.2, -0.15) is 5.10 Å². The van der Waals surface area contributed by atoms with Gasteiger partial charge in [-0.25, -0.2) is 4.68 Å². The lowest BCUT2D eigenvalue weighted by Crippen LogP contribution is -2.26. The van der Waals surface area contributed by atoms with E-state index in [2.05, 4.69) is 10.2 Å². The summed E-state index contributed by atoms with van der Waals surface area (Å²) in [4.78, 5) is 11.2. The van der Waals surface area contributed by atoms with Crippen molar-refractivity contribution in [3.63, 3.8) is 0 Å². The summed E-state index contributed by atoms with van der Waals surface area (Å²) >= 11 is 18.7. The molecule has 34 heavy (non-hydrogen) atoms. The third-order valence-electron chi connectivity index (χ3n) is 5.22. The maximum atomic E-state index is 11.2. The molecule has 0 bridgehead atoms. The van der Waals surface area contributed by atoms with Gasteiger partial charge in [0.05, 0.1) is 21.8 Å². The molecule has 0 aliphatic carbocycles. The molecular weight excluding hydrogens is 499 g/mol. The van der Waals surface area contributed by atoms with Crippen molar-refractivity contribution in [3.05, 3.63) is 69.0 Å². The number of hydrogen-bond acceptors (Lipinski definition) is 6. The van der Waals surface area contributed by atoms with E-state index in [9.17, 15) is 4.79 Å². The van der Waals surface area contributed by atoms with Gasteiger partial charge in [-0.1, -0.05) is 46.9 Å². The predicted octanol–water partition coefficient (Wildman–Crippen LogP) is 6.70. The van der Waals surface area contributed by atoms with Crippen molar-refractivity contribution in [2.45, 2.75) is 33.1 Å². The average Bonchev–Trinajstić information content (AvgIpc) is 3.39. The summed E-state index contributed by atoms with van der Waals surface area (Å²) in [6.45, 7) is 7.08. The molecule has 176 valence electrons. The van der Waals surface area contributed by atoms with Crippen molar-refractivity contribution in [2.75, 3.05) is 6.61 Å². The number of carbonyl (C=O) groups is 1. The molecule has 4 rings (SSSR count). The van der Waals surface area contributed by atoms with Gasteiger partial charge in [-0.15, -0.1) is 10.2 Å². The van der Waals surface area contributed by atoms with Crippen LogP contribution >= 0.6 is 34.8 Å². The lowest BCUT2D eigenvalue weighted by Gasteiger charge is -2.18. The Morgan fingerprint density at radius 3 is 2.38 bits per heavy atom. The van der Waals surface area contributed by atoms with Gasteiger partial charge in [-0.05, 0) is 51.1 Å². The van der Waals surface area contributed by atoms with E-state index in [-0.39, 0.29) is 18.5 Å². The lowest BCUT2D eigenvalue weighted by atomic mass is 9.95. The van der Waals surface area contributed by atoms with E-state index < -0.39 is 5.41 Å².